The Morgan fingerprint density at radius 1 is 1.29 bits per heavy atom. The Labute approximate surface area is 144 Å². The number of carbonyl (C=O) groups excluding carboxylic acids is 1. The minimum atomic E-state index is 0.236. The molecule has 24 heavy (non-hydrogen) atoms. The van der Waals surface area contributed by atoms with Crippen molar-refractivity contribution in [2.75, 3.05) is 33.3 Å². The molecule has 2 unspecified atom stereocenters. The van der Waals surface area contributed by atoms with E-state index in [-0.39, 0.29) is 11.9 Å². The van der Waals surface area contributed by atoms with Gasteiger partial charge in [0.1, 0.15) is 0 Å². The summed E-state index contributed by atoms with van der Waals surface area (Å²) in [5, 5.41) is 4.51. The molecule has 3 rings (SSSR count). The zero-order valence-electron chi connectivity index (χ0n) is 15.4. The molecule has 2 fully saturated rings. The van der Waals surface area contributed by atoms with E-state index in [1.807, 2.05) is 14.0 Å². The molecule has 0 saturated carbocycles. The molecule has 1 aromatic heterocycles. The van der Waals surface area contributed by atoms with Crippen LogP contribution in [0.25, 0.3) is 0 Å². The SMILES string of the molecule is COc1c(C2CCCN2CC(=O)N2CCCC(C)C2)c(C)nn1C. The minimum Gasteiger partial charge on any atom is -0.481 e. The monoisotopic (exact) mass is 334 g/mol. The van der Waals surface area contributed by atoms with Crippen molar-refractivity contribution >= 4 is 5.91 Å². The Morgan fingerprint density at radius 2 is 2.04 bits per heavy atom. The Morgan fingerprint density at radius 3 is 2.75 bits per heavy atom. The van der Waals surface area contributed by atoms with E-state index >= 15 is 0 Å². The van der Waals surface area contributed by atoms with E-state index in [1.54, 1.807) is 11.8 Å². The highest BCUT2D eigenvalue weighted by Gasteiger charge is 2.34. The second-order valence-corrected chi connectivity index (χ2v) is 7.35. The van der Waals surface area contributed by atoms with Gasteiger partial charge < -0.3 is 9.64 Å². The topological polar surface area (TPSA) is 50.6 Å². The van der Waals surface area contributed by atoms with E-state index in [4.69, 9.17) is 4.74 Å². The summed E-state index contributed by atoms with van der Waals surface area (Å²) in [6.45, 7) is 7.57. The van der Waals surface area contributed by atoms with E-state index < -0.39 is 0 Å². The standard InChI is InChI=1S/C18H30N4O2/c1-13-7-5-10-22(11-13)16(23)12-21-9-6-8-15(21)17-14(2)19-20(3)18(17)24-4/h13,15H,5-12H2,1-4H3. The van der Waals surface area contributed by atoms with Gasteiger partial charge in [0, 0.05) is 26.2 Å². The second kappa shape index (κ2) is 7.13. The third-order valence-electron chi connectivity index (χ3n) is 5.45. The first-order valence-corrected chi connectivity index (χ1v) is 9.10. The molecule has 2 saturated heterocycles. The quantitative estimate of drug-likeness (QED) is 0.846. The summed E-state index contributed by atoms with van der Waals surface area (Å²) in [6, 6.07) is 0.236. The lowest BCUT2D eigenvalue weighted by atomic mass is 10.0. The lowest BCUT2D eigenvalue weighted by molar-refractivity contribution is -0.134. The average molecular weight is 334 g/mol. The fourth-order valence-corrected chi connectivity index (χ4v) is 4.31. The number of piperidine rings is 1. The van der Waals surface area contributed by atoms with Gasteiger partial charge in [-0.05, 0) is 45.1 Å². The molecule has 3 heterocycles. The van der Waals surface area contributed by atoms with Crippen molar-refractivity contribution in [1.29, 1.82) is 0 Å². The van der Waals surface area contributed by atoms with Crippen LogP contribution in [0.5, 0.6) is 5.88 Å². The van der Waals surface area contributed by atoms with Gasteiger partial charge in [-0.1, -0.05) is 6.92 Å². The third-order valence-corrected chi connectivity index (χ3v) is 5.45. The average Bonchev–Trinajstić information content (AvgIpc) is 3.10. The highest BCUT2D eigenvalue weighted by Crippen LogP contribution is 2.38. The Bertz CT molecular complexity index is 598. The summed E-state index contributed by atoms with van der Waals surface area (Å²) in [5.74, 6) is 1.72. The minimum absolute atomic E-state index is 0.236. The molecular formula is C18H30N4O2. The predicted molar refractivity (Wildman–Crippen MR) is 93.0 cm³/mol. The van der Waals surface area contributed by atoms with Crippen LogP contribution >= 0.6 is 0 Å². The van der Waals surface area contributed by atoms with Crippen LogP contribution in [-0.4, -0.2) is 58.8 Å². The molecule has 0 bridgehead atoms. The highest BCUT2D eigenvalue weighted by atomic mass is 16.5. The van der Waals surface area contributed by atoms with Crippen LogP contribution in [-0.2, 0) is 11.8 Å². The molecule has 0 N–H and O–H groups in total. The van der Waals surface area contributed by atoms with Crippen LogP contribution < -0.4 is 4.74 Å². The maximum Gasteiger partial charge on any atom is 0.236 e. The first-order valence-electron chi connectivity index (χ1n) is 9.10. The maximum atomic E-state index is 12.8. The van der Waals surface area contributed by atoms with Crippen LogP contribution in [0, 0.1) is 12.8 Å². The van der Waals surface area contributed by atoms with Crippen LogP contribution in [0.15, 0.2) is 0 Å². The molecule has 2 atom stereocenters. The maximum absolute atomic E-state index is 12.8. The fourth-order valence-electron chi connectivity index (χ4n) is 4.31. The molecule has 134 valence electrons. The third kappa shape index (κ3) is 3.29. The number of likely N-dealkylation sites (tertiary alicyclic amines) is 2. The number of aromatic nitrogens is 2. The lowest BCUT2D eigenvalue weighted by Crippen LogP contribution is -2.44. The lowest BCUT2D eigenvalue weighted by Gasteiger charge is -2.33. The van der Waals surface area contributed by atoms with Crippen LogP contribution in [0.4, 0.5) is 0 Å². The summed E-state index contributed by atoms with van der Waals surface area (Å²) in [7, 11) is 3.61. The summed E-state index contributed by atoms with van der Waals surface area (Å²) >= 11 is 0. The normalized spacial score (nSPS) is 25.2. The van der Waals surface area contributed by atoms with Crippen LogP contribution in [0.2, 0.25) is 0 Å². The van der Waals surface area contributed by atoms with Crippen molar-refractivity contribution in [3.63, 3.8) is 0 Å². The first kappa shape index (κ1) is 17.3. The number of ether oxygens (including phenoxy) is 1. The Kier molecular flexibility index (Phi) is 5.13. The molecule has 2 aliphatic rings. The summed E-state index contributed by atoms with van der Waals surface area (Å²) in [4.78, 5) is 17.1. The van der Waals surface area contributed by atoms with Crippen LogP contribution in [0.1, 0.15) is 49.9 Å². The van der Waals surface area contributed by atoms with E-state index in [0.717, 1.165) is 56.0 Å². The number of aryl methyl sites for hydroxylation is 2. The second-order valence-electron chi connectivity index (χ2n) is 7.35. The molecule has 0 radical (unpaired) electrons. The number of rotatable bonds is 4. The molecule has 1 amide bonds. The highest BCUT2D eigenvalue weighted by molar-refractivity contribution is 5.78. The Balaban J connectivity index is 1.73. The number of carbonyl (C=O) groups is 1. The largest absolute Gasteiger partial charge is 0.481 e. The molecule has 6 heteroatoms. The summed E-state index contributed by atoms with van der Waals surface area (Å²) in [6.07, 6.45) is 4.55. The van der Waals surface area contributed by atoms with E-state index in [2.05, 4.69) is 21.8 Å². The van der Waals surface area contributed by atoms with Crippen molar-refractivity contribution < 1.29 is 9.53 Å². The van der Waals surface area contributed by atoms with Gasteiger partial charge in [0.25, 0.3) is 0 Å². The number of methoxy groups -OCH3 is 1. The van der Waals surface area contributed by atoms with Crippen LogP contribution in [0.3, 0.4) is 0 Å². The molecule has 0 aliphatic carbocycles. The first-order chi connectivity index (χ1) is 11.5. The zero-order chi connectivity index (χ0) is 17.3. The van der Waals surface area contributed by atoms with E-state index in [1.165, 1.54) is 6.42 Å². The molecule has 6 nitrogen and oxygen atoms in total. The van der Waals surface area contributed by atoms with Gasteiger partial charge in [-0.2, -0.15) is 5.10 Å². The molecular weight excluding hydrogens is 304 g/mol. The van der Waals surface area contributed by atoms with Crippen molar-refractivity contribution in [2.24, 2.45) is 13.0 Å². The van der Waals surface area contributed by atoms with E-state index in [9.17, 15) is 4.79 Å². The van der Waals surface area contributed by atoms with Gasteiger partial charge in [-0.15, -0.1) is 0 Å². The molecule has 1 aromatic rings. The zero-order valence-corrected chi connectivity index (χ0v) is 15.4. The smallest absolute Gasteiger partial charge is 0.236 e. The molecule has 2 aliphatic heterocycles. The number of amides is 1. The number of hydrogen-bond donors (Lipinski definition) is 0. The van der Waals surface area contributed by atoms with Gasteiger partial charge in [0.05, 0.1) is 24.9 Å². The number of nitrogens with zero attached hydrogens (tertiary/aromatic N) is 4. The predicted octanol–water partition coefficient (Wildman–Crippen LogP) is 2.13. The van der Waals surface area contributed by atoms with Gasteiger partial charge in [0.2, 0.25) is 11.8 Å². The summed E-state index contributed by atoms with van der Waals surface area (Å²) < 4.78 is 7.37. The van der Waals surface area contributed by atoms with E-state index in [0.29, 0.717) is 12.5 Å². The van der Waals surface area contributed by atoms with Gasteiger partial charge in [-0.25, -0.2) is 4.68 Å². The van der Waals surface area contributed by atoms with Crippen molar-refractivity contribution in [1.82, 2.24) is 19.6 Å². The van der Waals surface area contributed by atoms with Crippen molar-refractivity contribution in [3.8, 4) is 5.88 Å². The van der Waals surface area contributed by atoms with Gasteiger partial charge >= 0.3 is 0 Å². The number of hydrogen-bond acceptors (Lipinski definition) is 4. The molecule has 0 spiro atoms. The fraction of sp³-hybridized carbons (Fsp3) is 0.778. The summed E-state index contributed by atoms with van der Waals surface area (Å²) in [5.41, 5.74) is 2.16. The van der Waals surface area contributed by atoms with Crippen molar-refractivity contribution in [2.45, 2.75) is 45.6 Å². The molecule has 0 aromatic carbocycles. The van der Waals surface area contributed by atoms with Gasteiger partial charge in [0.15, 0.2) is 0 Å². The Hall–Kier alpha value is -1.56. The van der Waals surface area contributed by atoms with Crippen molar-refractivity contribution in [3.05, 3.63) is 11.3 Å². The van der Waals surface area contributed by atoms with Gasteiger partial charge in [-0.3, -0.25) is 9.69 Å².